The fourth-order valence-corrected chi connectivity index (χ4v) is 3.65. The van der Waals surface area contributed by atoms with Gasteiger partial charge in [0.05, 0.1) is 20.3 Å². The summed E-state index contributed by atoms with van der Waals surface area (Å²) >= 11 is 0. The minimum atomic E-state index is -0.299. The van der Waals surface area contributed by atoms with Crippen LogP contribution in [-0.4, -0.2) is 39.0 Å². The van der Waals surface area contributed by atoms with Crippen LogP contribution in [-0.2, 0) is 11.3 Å². The van der Waals surface area contributed by atoms with E-state index in [4.69, 9.17) is 9.47 Å². The molecule has 0 amide bonds. The van der Waals surface area contributed by atoms with E-state index in [-0.39, 0.29) is 5.82 Å². The zero-order valence-corrected chi connectivity index (χ0v) is 13.1. The second kappa shape index (κ2) is 7.40. The molecule has 2 aliphatic rings. The molecule has 3 rings (SSSR count). The van der Waals surface area contributed by atoms with Gasteiger partial charge in [-0.2, -0.15) is 0 Å². The van der Waals surface area contributed by atoms with Gasteiger partial charge in [-0.1, -0.05) is 12.5 Å². The zero-order chi connectivity index (χ0) is 15.4. The number of rotatable bonds is 5. The van der Waals surface area contributed by atoms with Gasteiger partial charge in [0.15, 0.2) is 11.6 Å². The van der Waals surface area contributed by atoms with E-state index < -0.39 is 0 Å². The second-order valence-corrected chi connectivity index (χ2v) is 6.19. The van der Waals surface area contributed by atoms with Gasteiger partial charge in [-0.25, -0.2) is 4.39 Å². The molecule has 1 aromatic rings. The van der Waals surface area contributed by atoms with Crippen LogP contribution < -0.4 is 15.4 Å². The topological polar surface area (TPSA) is 42.5 Å². The van der Waals surface area contributed by atoms with Crippen LogP contribution in [0.5, 0.6) is 5.75 Å². The number of ether oxygens (including phenoxy) is 2. The highest BCUT2D eigenvalue weighted by Crippen LogP contribution is 2.30. The van der Waals surface area contributed by atoms with Gasteiger partial charge in [-0.3, -0.25) is 0 Å². The van der Waals surface area contributed by atoms with Crippen LogP contribution in [0.15, 0.2) is 18.2 Å². The van der Waals surface area contributed by atoms with Crippen LogP contribution in [0.3, 0.4) is 0 Å². The molecule has 1 saturated carbocycles. The summed E-state index contributed by atoms with van der Waals surface area (Å²) in [5, 5.41) is 7.18. The molecule has 1 saturated heterocycles. The van der Waals surface area contributed by atoms with Crippen LogP contribution in [0.2, 0.25) is 0 Å². The number of hydrogen-bond donors (Lipinski definition) is 2. The number of benzene rings is 1. The van der Waals surface area contributed by atoms with E-state index in [9.17, 15) is 4.39 Å². The highest BCUT2D eigenvalue weighted by Gasteiger charge is 2.34. The lowest BCUT2D eigenvalue weighted by molar-refractivity contribution is 0.0524. The smallest absolute Gasteiger partial charge is 0.165 e. The van der Waals surface area contributed by atoms with Gasteiger partial charge in [-0.05, 0) is 36.5 Å². The van der Waals surface area contributed by atoms with E-state index in [1.165, 1.54) is 26.4 Å². The molecule has 3 unspecified atom stereocenters. The monoisotopic (exact) mass is 308 g/mol. The van der Waals surface area contributed by atoms with Crippen molar-refractivity contribution in [1.82, 2.24) is 10.6 Å². The summed E-state index contributed by atoms with van der Waals surface area (Å²) in [6.45, 7) is 3.25. The molecule has 0 spiro atoms. The summed E-state index contributed by atoms with van der Waals surface area (Å²) in [6.07, 6.45) is 3.66. The van der Waals surface area contributed by atoms with E-state index in [1.807, 2.05) is 6.07 Å². The lowest BCUT2D eigenvalue weighted by Gasteiger charge is -2.33. The van der Waals surface area contributed by atoms with Crippen molar-refractivity contribution in [2.75, 3.05) is 26.9 Å². The van der Waals surface area contributed by atoms with Crippen molar-refractivity contribution in [2.45, 2.75) is 37.9 Å². The van der Waals surface area contributed by atoms with Crippen LogP contribution in [0.25, 0.3) is 0 Å². The molecule has 2 N–H and O–H groups in total. The highest BCUT2D eigenvalue weighted by molar-refractivity contribution is 5.29. The third-order valence-corrected chi connectivity index (χ3v) is 4.82. The van der Waals surface area contributed by atoms with Crippen LogP contribution in [0.1, 0.15) is 24.8 Å². The molecule has 22 heavy (non-hydrogen) atoms. The first-order valence-corrected chi connectivity index (χ1v) is 8.15. The molecule has 4 nitrogen and oxygen atoms in total. The Bertz CT molecular complexity index is 492. The molecule has 122 valence electrons. The first-order valence-electron chi connectivity index (χ1n) is 8.15. The highest BCUT2D eigenvalue weighted by atomic mass is 19.1. The average molecular weight is 308 g/mol. The summed E-state index contributed by atoms with van der Waals surface area (Å²) < 4.78 is 24.3. The molecular weight excluding hydrogens is 283 g/mol. The molecular formula is C17H25FN2O2. The summed E-state index contributed by atoms with van der Waals surface area (Å²) in [6, 6.07) is 6.08. The van der Waals surface area contributed by atoms with Crippen molar-refractivity contribution in [1.29, 1.82) is 0 Å². The Morgan fingerprint density at radius 1 is 1.41 bits per heavy atom. The van der Waals surface area contributed by atoms with Crippen molar-refractivity contribution < 1.29 is 13.9 Å². The van der Waals surface area contributed by atoms with E-state index in [0.717, 1.165) is 25.3 Å². The number of halogens is 1. The number of hydrogen-bond acceptors (Lipinski definition) is 4. The fourth-order valence-electron chi connectivity index (χ4n) is 3.65. The Balaban J connectivity index is 1.56. The van der Waals surface area contributed by atoms with Gasteiger partial charge in [0.2, 0.25) is 0 Å². The summed E-state index contributed by atoms with van der Waals surface area (Å²) in [7, 11) is 1.48. The zero-order valence-electron chi connectivity index (χ0n) is 13.1. The Morgan fingerprint density at radius 2 is 2.32 bits per heavy atom. The van der Waals surface area contributed by atoms with Gasteiger partial charge >= 0.3 is 0 Å². The largest absolute Gasteiger partial charge is 0.494 e. The third-order valence-electron chi connectivity index (χ3n) is 4.82. The predicted molar refractivity (Wildman–Crippen MR) is 83.5 cm³/mol. The minimum Gasteiger partial charge on any atom is -0.494 e. The molecule has 5 heteroatoms. The summed E-state index contributed by atoms with van der Waals surface area (Å²) in [5.41, 5.74) is 0.955. The van der Waals surface area contributed by atoms with E-state index >= 15 is 0 Å². The molecule has 1 heterocycles. The lowest BCUT2D eigenvalue weighted by Crippen LogP contribution is -2.50. The maximum Gasteiger partial charge on any atom is 0.165 e. The van der Waals surface area contributed by atoms with Crippen molar-refractivity contribution in [2.24, 2.45) is 5.92 Å². The summed E-state index contributed by atoms with van der Waals surface area (Å²) in [4.78, 5) is 0. The standard InChI is InChI=1S/C17H25FN2O2/c1-21-17-6-5-12(9-14(17)18)10-20-15-4-2-3-13(15)16-11-22-8-7-19-16/h5-6,9,13,15-16,19-20H,2-4,7-8,10-11H2,1H3. The molecule has 1 aromatic carbocycles. The molecule has 2 fully saturated rings. The second-order valence-electron chi connectivity index (χ2n) is 6.19. The summed E-state index contributed by atoms with van der Waals surface area (Å²) in [5.74, 6) is 0.599. The SMILES string of the molecule is COc1ccc(CNC2CCCC2C2COCCN2)cc1F. The molecule has 1 aliphatic heterocycles. The fraction of sp³-hybridized carbons (Fsp3) is 0.647. The maximum atomic E-state index is 13.7. The van der Waals surface area contributed by atoms with Gasteiger partial charge in [0, 0.05) is 25.2 Å². The van der Waals surface area contributed by atoms with E-state index in [2.05, 4.69) is 10.6 Å². The lowest BCUT2D eigenvalue weighted by atomic mass is 9.94. The van der Waals surface area contributed by atoms with Gasteiger partial charge in [-0.15, -0.1) is 0 Å². The molecule has 0 aromatic heterocycles. The molecule has 1 aliphatic carbocycles. The molecule has 3 atom stereocenters. The van der Waals surface area contributed by atoms with Crippen molar-refractivity contribution in [3.63, 3.8) is 0 Å². The third kappa shape index (κ3) is 3.59. The van der Waals surface area contributed by atoms with Crippen molar-refractivity contribution in [3.8, 4) is 5.75 Å². The van der Waals surface area contributed by atoms with Crippen LogP contribution >= 0.6 is 0 Å². The Morgan fingerprint density at radius 3 is 3.05 bits per heavy atom. The Hall–Kier alpha value is -1.17. The van der Waals surface area contributed by atoms with Gasteiger partial charge in [0.25, 0.3) is 0 Å². The van der Waals surface area contributed by atoms with Gasteiger partial charge in [0.1, 0.15) is 0 Å². The number of methoxy groups -OCH3 is 1. The van der Waals surface area contributed by atoms with Crippen molar-refractivity contribution in [3.05, 3.63) is 29.6 Å². The average Bonchev–Trinajstić information content (AvgIpc) is 3.02. The number of morpholine rings is 1. The maximum absolute atomic E-state index is 13.7. The van der Waals surface area contributed by atoms with E-state index in [1.54, 1.807) is 12.1 Å². The Kier molecular flexibility index (Phi) is 5.28. The van der Waals surface area contributed by atoms with Crippen molar-refractivity contribution >= 4 is 0 Å². The van der Waals surface area contributed by atoms with Crippen LogP contribution in [0.4, 0.5) is 4.39 Å². The normalized spacial score (nSPS) is 28.7. The van der Waals surface area contributed by atoms with Crippen LogP contribution in [0, 0.1) is 11.7 Å². The molecule has 0 bridgehead atoms. The minimum absolute atomic E-state index is 0.297. The predicted octanol–water partition coefficient (Wildman–Crippen LogP) is 2.08. The first kappa shape index (κ1) is 15.7. The number of nitrogens with one attached hydrogen (secondary N) is 2. The van der Waals surface area contributed by atoms with E-state index in [0.29, 0.717) is 30.3 Å². The first-order chi connectivity index (χ1) is 10.8. The molecule has 0 radical (unpaired) electrons. The van der Waals surface area contributed by atoms with Gasteiger partial charge < -0.3 is 20.1 Å². The Labute approximate surface area is 131 Å². The quantitative estimate of drug-likeness (QED) is 0.874.